The summed E-state index contributed by atoms with van der Waals surface area (Å²) in [5, 5.41) is 2.92. The normalized spacial score (nSPS) is 11.4. The van der Waals surface area contributed by atoms with Crippen molar-refractivity contribution in [3.8, 4) is 11.5 Å². The van der Waals surface area contributed by atoms with Crippen molar-refractivity contribution < 1.29 is 23.8 Å². The molecule has 0 radical (unpaired) electrons. The van der Waals surface area contributed by atoms with Crippen LogP contribution in [0.2, 0.25) is 5.15 Å². The van der Waals surface area contributed by atoms with E-state index in [-0.39, 0.29) is 16.8 Å². The molecule has 7 nitrogen and oxygen atoms in total. The van der Waals surface area contributed by atoms with Crippen LogP contribution in [-0.4, -0.2) is 37.7 Å². The second-order valence-electron chi connectivity index (χ2n) is 5.34. The Morgan fingerprint density at radius 3 is 2.62 bits per heavy atom. The van der Waals surface area contributed by atoms with Crippen molar-refractivity contribution in [1.82, 2.24) is 10.3 Å². The fraction of sp³-hybridized carbons (Fsp3) is 0.278. The zero-order chi connectivity index (χ0) is 19.1. The first kappa shape index (κ1) is 19.5. The summed E-state index contributed by atoms with van der Waals surface area (Å²) in [6, 6.07) is 7.74. The van der Waals surface area contributed by atoms with Gasteiger partial charge in [-0.05, 0) is 37.3 Å². The smallest absolute Gasteiger partial charge is 0.338 e. The van der Waals surface area contributed by atoms with Gasteiger partial charge in [0.1, 0.15) is 16.7 Å². The number of nitrogens with one attached hydrogen (secondary N) is 1. The molecule has 0 bridgehead atoms. The molecular formula is C18H19ClN2O5. The van der Waals surface area contributed by atoms with Gasteiger partial charge in [-0.25, -0.2) is 9.78 Å². The summed E-state index contributed by atoms with van der Waals surface area (Å²) < 4.78 is 15.5. The molecule has 1 N–H and O–H groups in total. The molecule has 2 aromatic rings. The maximum atomic E-state index is 12.1. The molecule has 2 rings (SSSR count). The highest BCUT2D eigenvalue weighted by molar-refractivity contribution is 6.29. The lowest BCUT2D eigenvalue weighted by Gasteiger charge is -2.18. The fourth-order valence-electron chi connectivity index (χ4n) is 2.28. The highest BCUT2D eigenvalue weighted by Crippen LogP contribution is 2.29. The molecule has 1 aromatic heterocycles. The van der Waals surface area contributed by atoms with Crippen molar-refractivity contribution in [3.63, 3.8) is 0 Å². The molecule has 1 aromatic carbocycles. The number of amides is 1. The van der Waals surface area contributed by atoms with Crippen molar-refractivity contribution in [2.24, 2.45) is 0 Å². The van der Waals surface area contributed by atoms with Gasteiger partial charge in [0.05, 0.1) is 25.8 Å². The predicted molar refractivity (Wildman–Crippen MR) is 95.6 cm³/mol. The van der Waals surface area contributed by atoms with E-state index in [0.29, 0.717) is 11.5 Å². The van der Waals surface area contributed by atoms with E-state index in [1.165, 1.54) is 18.3 Å². The van der Waals surface area contributed by atoms with Gasteiger partial charge in [0, 0.05) is 11.8 Å². The largest absolute Gasteiger partial charge is 0.497 e. The van der Waals surface area contributed by atoms with Crippen molar-refractivity contribution in [1.29, 1.82) is 0 Å². The SMILES string of the molecule is COc1ccc(OC)c(C(C)NC(=O)COC(=O)c2ccnc(Cl)c2)c1. The summed E-state index contributed by atoms with van der Waals surface area (Å²) in [7, 11) is 3.10. The molecule has 0 saturated carbocycles. The van der Waals surface area contributed by atoms with Crippen LogP contribution in [0.4, 0.5) is 0 Å². The number of methoxy groups -OCH3 is 2. The molecule has 0 aliphatic rings. The lowest BCUT2D eigenvalue weighted by Crippen LogP contribution is -2.31. The Balaban J connectivity index is 1.96. The Morgan fingerprint density at radius 2 is 1.96 bits per heavy atom. The molecule has 8 heteroatoms. The van der Waals surface area contributed by atoms with Crippen LogP contribution >= 0.6 is 11.6 Å². The summed E-state index contributed by atoms with van der Waals surface area (Å²) >= 11 is 5.72. The molecular weight excluding hydrogens is 360 g/mol. The summed E-state index contributed by atoms with van der Waals surface area (Å²) in [5.74, 6) is 0.150. The van der Waals surface area contributed by atoms with E-state index < -0.39 is 18.5 Å². The first-order chi connectivity index (χ1) is 12.4. The summed E-state index contributed by atoms with van der Waals surface area (Å²) in [4.78, 5) is 27.8. The van der Waals surface area contributed by atoms with Crippen LogP contribution < -0.4 is 14.8 Å². The van der Waals surface area contributed by atoms with Crippen LogP contribution in [0.3, 0.4) is 0 Å². The molecule has 0 aliphatic heterocycles. The molecule has 138 valence electrons. The van der Waals surface area contributed by atoms with Crippen LogP contribution in [0.25, 0.3) is 0 Å². The first-order valence-corrected chi connectivity index (χ1v) is 8.12. The number of hydrogen-bond acceptors (Lipinski definition) is 6. The molecule has 1 heterocycles. The molecule has 1 atom stereocenters. The molecule has 1 amide bonds. The number of benzene rings is 1. The van der Waals surface area contributed by atoms with Crippen LogP contribution in [0.15, 0.2) is 36.5 Å². The maximum Gasteiger partial charge on any atom is 0.338 e. The minimum absolute atomic E-state index is 0.169. The lowest BCUT2D eigenvalue weighted by atomic mass is 10.1. The monoisotopic (exact) mass is 378 g/mol. The molecule has 0 spiro atoms. The van der Waals surface area contributed by atoms with Crippen molar-refractivity contribution in [2.75, 3.05) is 20.8 Å². The number of rotatable bonds is 7. The minimum atomic E-state index is -0.656. The number of carbonyl (C=O) groups is 2. The minimum Gasteiger partial charge on any atom is -0.497 e. The summed E-state index contributed by atoms with van der Waals surface area (Å²) in [6.07, 6.45) is 1.39. The molecule has 0 fully saturated rings. The Morgan fingerprint density at radius 1 is 1.19 bits per heavy atom. The third-order valence-electron chi connectivity index (χ3n) is 3.58. The first-order valence-electron chi connectivity index (χ1n) is 7.74. The Kier molecular flexibility index (Phi) is 6.80. The standard InChI is InChI=1S/C18H19ClN2O5/c1-11(14-9-13(24-2)4-5-15(14)25-3)21-17(22)10-26-18(23)12-6-7-20-16(19)8-12/h4-9,11H,10H2,1-3H3,(H,21,22). The number of carbonyl (C=O) groups excluding carboxylic acids is 2. The number of ether oxygens (including phenoxy) is 3. The van der Waals surface area contributed by atoms with E-state index >= 15 is 0 Å². The zero-order valence-corrected chi connectivity index (χ0v) is 15.4. The Labute approximate surface area is 156 Å². The Hall–Kier alpha value is -2.80. The van der Waals surface area contributed by atoms with Crippen LogP contribution in [-0.2, 0) is 9.53 Å². The molecule has 0 saturated heterocycles. The molecule has 26 heavy (non-hydrogen) atoms. The highest BCUT2D eigenvalue weighted by Gasteiger charge is 2.17. The molecule has 0 aliphatic carbocycles. The van der Waals surface area contributed by atoms with Gasteiger partial charge in [0.15, 0.2) is 6.61 Å². The van der Waals surface area contributed by atoms with E-state index in [1.807, 2.05) is 0 Å². The number of hydrogen-bond donors (Lipinski definition) is 1. The quantitative estimate of drug-likeness (QED) is 0.589. The van der Waals surface area contributed by atoms with Gasteiger partial charge in [-0.3, -0.25) is 4.79 Å². The maximum absolute atomic E-state index is 12.1. The van der Waals surface area contributed by atoms with Crippen molar-refractivity contribution in [3.05, 3.63) is 52.8 Å². The van der Waals surface area contributed by atoms with Crippen LogP contribution in [0.1, 0.15) is 28.9 Å². The van der Waals surface area contributed by atoms with Crippen LogP contribution in [0.5, 0.6) is 11.5 Å². The topological polar surface area (TPSA) is 86.8 Å². The number of esters is 1. The van der Waals surface area contributed by atoms with Crippen LogP contribution in [0, 0.1) is 0 Å². The predicted octanol–water partition coefficient (Wildman–Crippen LogP) is 2.79. The van der Waals surface area contributed by atoms with E-state index in [2.05, 4.69) is 10.3 Å². The summed E-state index contributed by atoms with van der Waals surface area (Å²) in [6.45, 7) is 1.37. The highest BCUT2D eigenvalue weighted by atomic mass is 35.5. The molecule has 1 unspecified atom stereocenters. The van der Waals surface area contributed by atoms with Gasteiger partial charge < -0.3 is 19.5 Å². The van der Waals surface area contributed by atoms with E-state index in [0.717, 1.165) is 5.56 Å². The van der Waals surface area contributed by atoms with Gasteiger partial charge in [-0.1, -0.05) is 11.6 Å². The fourth-order valence-corrected chi connectivity index (χ4v) is 2.46. The third-order valence-corrected chi connectivity index (χ3v) is 3.78. The lowest BCUT2D eigenvalue weighted by molar-refractivity contribution is -0.124. The second-order valence-corrected chi connectivity index (χ2v) is 5.73. The second kappa shape index (κ2) is 9.05. The number of nitrogens with zero attached hydrogens (tertiary/aromatic N) is 1. The van der Waals surface area contributed by atoms with Gasteiger partial charge in [-0.2, -0.15) is 0 Å². The number of pyridine rings is 1. The van der Waals surface area contributed by atoms with E-state index in [1.54, 1.807) is 39.3 Å². The summed E-state index contributed by atoms with van der Waals surface area (Å²) in [5.41, 5.74) is 0.966. The van der Waals surface area contributed by atoms with Gasteiger partial charge in [0.25, 0.3) is 5.91 Å². The van der Waals surface area contributed by atoms with Gasteiger partial charge in [-0.15, -0.1) is 0 Å². The van der Waals surface area contributed by atoms with Crippen molar-refractivity contribution in [2.45, 2.75) is 13.0 Å². The average molecular weight is 379 g/mol. The van der Waals surface area contributed by atoms with Crippen molar-refractivity contribution >= 4 is 23.5 Å². The van der Waals surface area contributed by atoms with E-state index in [4.69, 9.17) is 25.8 Å². The zero-order valence-electron chi connectivity index (χ0n) is 14.6. The number of halogens is 1. The number of aromatic nitrogens is 1. The third kappa shape index (κ3) is 5.10. The Bertz CT molecular complexity index is 797. The van der Waals surface area contributed by atoms with E-state index in [9.17, 15) is 9.59 Å². The average Bonchev–Trinajstić information content (AvgIpc) is 2.65. The van der Waals surface area contributed by atoms with Gasteiger partial charge >= 0.3 is 5.97 Å². The van der Waals surface area contributed by atoms with Gasteiger partial charge in [0.2, 0.25) is 0 Å².